The minimum atomic E-state index is -3.61. The number of amides is 1. The molecule has 0 saturated carbocycles. The van der Waals surface area contributed by atoms with Gasteiger partial charge in [-0.2, -0.15) is 4.31 Å². The first-order valence-electron chi connectivity index (χ1n) is 10.4. The number of thiophene rings is 1. The third kappa shape index (κ3) is 4.57. The first-order valence-corrected chi connectivity index (χ1v) is 12.8. The van der Waals surface area contributed by atoms with Crippen LogP contribution in [0.25, 0.3) is 11.1 Å². The Bertz CT molecular complexity index is 1270. The van der Waals surface area contributed by atoms with E-state index in [1.165, 1.54) is 21.0 Å². The summed E-state index contributed by atoms with van der Waals surface area (Å²) in [5.41, 5.74) is 0.668. The number of hydrogen-bond acceptors (Lipinski definition) is 6. The van der Waals surface area contributed by atoms with Gasteiger partial charge in [0.15, 0.2) is 5.58 Å². The lowest BCUT2D eigenvalue weighted by atomic mass is 10.3. The lowest BCUT2D eigenvalue weighted by Crippen LogP contribution is -2.31. The van der Waals surface area contributed by atoms with Crippen LogP contribution in [-0.4, -0.2) is 47.7 Å². The third-order valence-electron chi connectivity index (χ3n) is 5.52. The van der Waals surface area contributed by atoms with E-state index >= 15 is 0 Å². The van der Waals surface area contributed by atoms with Gasteiger partial charge in [0.25, 0.3) is 0 Å². The molecule has 0 unspecified atom stereocenters. The van der Waals surface area contributed by atoms with Crippen LogP contribution in [-0.2, 0) is 27.9 Å². The van der Waals surface area contributed by atoms with Crippen LogP contribution in [0.3, 0.4) is 0 Å². The largest absolute Gasteiger partial charge is 0.419 e. The summed E-state index contributed by atoms with van der Waals surface area (Å²) in [6.45, 7) is 5.76. The summed E-state index contributed by atoms with van der Waals surface area (Å²) < 4.78 is 33.7. The highest BCUT2D eigenvalue weighted by molar-refractivity contribution is 7.89. The predicted octanol–water partition coefficient (Wildman–Crippen LogP) is 3.05. The monoisotopic (exact) mass is 475 g/mol. The molecule has 3 aromatic rings. The number of carbonyl (C=O) groups is 1. The van der Waals surface area contributed by atoms with Gasteiger partial charge in [-0.25, -0.2) is 13.2 Å². The van der Waals surface area contributed by atoms with Gasteiger partial charge in [-0.15, -0.1) is 17.9 Å². The number of hydrogen-bond donors (Lipinski definition) is 0. The molecule has 3 heterocycles. The van der Waals surface area contributed by atoms with Gasteiger partial charge in [0, 0.05) is 43.5 Å². The van der Waals surface area contributed by atoms with Crippen molar-refractivity contribution in [2.45, 2.75) is 37.2 Å². The van der Waals surface area contributed by atoms with Crippen LogP contribution in [0.15, 0.2) is 62.5 Å². The van der Waals surface area contributed by atoms with Gasteiger partial charge >= 0.3 is 5.76 Å². The second-order valence-electron chi connectivity index (χ2n) is 7.65. The molecular weight excluding hydrogens is 450 g/mol. The van der Waals surface area contributed by atoms with Crippen LogP contribution in [0, 0.1) is 0 Å². The molecule has 0 radical (unpaired) electrons. The van der Waals surface area contributed by atoms with Gasteiger partial charge in [0.1, 0.15) is 0 Å². The van der Waals surface area contributed by atoms with Gasteiger partial charge in [0.05, 0.1) is 17.0 Å². The molecule has 1 saturated heterocycles. The fourth-order valence-corrected chi connectivity index (χ4v) is 6.12. The number of rotatable bonds is 9. The van der Waals surface area contributed by atoms with Crippen molar-refractivity contribution in [2.75, 3.05) is 19.6 Å². The van der Waals surface area contributed by atoms with Gasteiger partial charge in [-0.05, 0) is 36.4 Å². The van der Waals surface area contributed by atoms with Crippen molar-refractivity contribution in [1.82, 2.24) is 13.8 Å². The molecule has 0 spiro atoms. The molecule has 1 aliphatic heterocycles. The normalized spacial score (nSPS) is 14.8. The maximum absolute atomic E-state index is 12.8. The first-order chi connectivity index (χ1) is 15.4. The maximum atomic E-state index is 12.8. The van der Waals surface area contributed by atoms with E-state index < -0.39 is 15.8 Å². The molecule has 1 aliphatic rings. The number of fused-ring (bicyclic) bond motifs is 1. The molecule has 1 fully saturated rings. The number of sulfonamides is 1. The molecule has 0 atom stereocenters. The second-order valence-corrected chi connectivity index (χ2v) is 10.6. The molecule has 4 rings (SSSR count). The Morgan fingerprint density at radius 2 is 2.03 bits per heavy atom. The minimum absolute atomic E-state index is 0.104. The Morgan fingerprint density at radius 3 is 2.72 bits per heavy atom. The van der Waals surface area contributed by atoms with Crippen LogP contribution in [0.2, 0.25) is 0 Å². The summed E-state index contributed by atoms with van der Waals surface area (Å²) in [6.07, 6.45) is 3.47. The molecule has 0 aliphatic carbocycles. The Hall–Kier alpha value is -2.69. The van der Waals surface area contributed by atoms with Gasteiger partial charge in [-0.1, -0.05) is 12.1 Å². The predicted molar refractivity (Wildman–Crippen MR) is 123 cm³/mol. The van der Waals surface area contributed by atoms with Crippen LogP contribution < -0.4 is 5.76 Å². The van der Waals surface area contributed by atoms with Crippen LogP contribution >= 0.6 is 11.3 Å². The third-order valence-corrected chi connectivity index (χ3v) is 8.28. The zero-order valence-corrected chi connectivity index (χ0v) is 19.2. The molecule has 1 amide bonds. The van der Waals surface area contributed by atoms with Crippen molar-refractivity contribution >= 4 is 38.4 Å². The zero-order chi connectivity index (χ0) is 22.7. The Kier molecular flexibility index (Phi) is 6.63. The summed E-state index contributed by atoms with van der Waals surface area (Å²) in [5, 5.41) is 1.96. The van der Waals surface area contributed by atoms with Crippen molar-refractivity contribution in [1.29, 1.82) is 0 Å². The fraction of sp³-hybridized carbons (Fsp3) is 0.364. The van der Waals surface area contributed by atoms with E-state index in [9.17, 15) is 18.0 Å². The molecule has 10 heteroatoms. The van der Waals surface area contributed by atoms with E-state index in [0.29, 0.717) is 31.7 Å². The molecule has 1 aromatic carbocycles. The summed E-state index contributed by atoms with van der Waals surface area (Å²) in [7, 11) is -3.61. The highest BCUT2D eigenvalue weighted by Crippen LogP contribution is 2.24. The van der Waals surface area contributed by atoms with E-state index in [1.807, 2.05) is 17.5 Å². The van der Waals surface area contributed by atoms with E-state index in [0.717, 1.165) is 17.7 Å². The minimum Gasteiger partial charge on any atom is -0.408 e. The quantitative estimate of drug-likeness (QED) is 0.444. The van der Waals surface area contributed by atoms with Gasteiger partial charge < -0.3 is 9.32 Å². The molecule has 32 heavy (non-hydrogen) atoms. The molecule has 0 bridgehead atoms. The molecule has 2 aromatic heterocycles. The zero-order valence-electron chi connectivity index (χ0n) is 17.6. The Labute approximate surface area is 190 Å². The topological polar surface area (TPSA) is 92.8 Å². The summed E-state index contributed by atoms with van der Waals surface area (Å²) in [6, 6.07) is 8.36. The van der Waals surface area contributed by atoms with Crippen molar-refractivity contribution in [3.63, 3.8) is 0 Å². The van der Waals surface area contributed by atoms with Crippen molar-refractivity contribution in [2.24, 2.45) is 0 Å². The van der Waals surface area contributed by atoms with Crippen molar-refractivity contribution < 1.29 is 17.6 Å². The maximum Gasteiger partial charge on any atom is 0.419 e. The van der Waals surface area contributed by atoms with Crippen LogP contribution in [0.1, 0.15) is 24.1 Å². The summed E-state index contributed by atoms with van der Waals surface area (Å²) in [4.78, 5) is 28.1. The number of aryl methyl sites for hydroxylation is 1. The molecule has 8 nitrogen and oxygen atoms in total. The van der Waals surface area contributed by atoms with Crippen LogP contribution in [0.4, 0.5) is 0 Å². The molecular formula is C22H25N3O5S2. The average molecular weight is 476 g/mol. The standard InChI is InChI=1S/C22H25N3O5S2/c1-2-10-23(16-17-6-5-14-31-17)21(26)9-13-25-19-8-7-18(15-20(19)30-22(25)27)32(28,29)24-11-3-4-12-24/h2,5-8,14-15H,1,3-4,9-13,16H2. The Balaban J connectivity index is 1.51. The van der Waals surface area contributed by atoms with E-state index in [-0.39, 0.29) is 29.4 Å². The lowest BCUT2D eigenvalue weighted by Gasteiger charge is -2.20. The first kappa shape index (κ1) is 22.5. The van der Waals surface area contributed by atoms with E-state index in [2.05, 4.69) is 6.58 Å². The number of nitrogens with zero attached hydrogens (tertiary/aromatic N) is 3. The second kappa shape index (κ2) is 9.43. The highest BCUT2D eigenvalue weighted by atomic mass is 32.2. The summed E-state index contributed by atoms with van der Waals surface area (Å²) in [5.74, 6) is -0.718. The van der Waals surface area contributed by atoms with Crippen molar-refractivity contribution in [3.05, 3.63) is 63.8 Å². The highest BCUT2D eigenvalue weighted by Gasteiger charge is 2.28. The van der Waals surface area contributed by atoms with Crippen LogP contribution in [0.5, 0.6) is 0 Å². The lowest BCUT2D eigenvalue weighted by molar-refractivity contribution is -0.131. The van der Waals surface area contributed by atoms with E-state index in [4.69, 9.17) is 4.42 Å². The van der Waals surface area contributed by atoms with E-state index in [1.54, 1.807) is 28.4 Å². The average Bonchev–Trinajstić information content (AvgIpc) is 3.53. The van der Waals surface area contributed by atoms with Gasteiger partial charge in [0.2, 0.25) is 15.9 Å². The Morgan fingerprint density at radius 1 is 1.25 bits per heavy atom. The smallest absolute Gasteiger partial charge is 0.408 e. The summed E-state index contributed by atoms with van der Waals surface area (Å²) >= 11 is 1.58. The fourth-order valence-electron chi connectivity index (χ4n) is 3.86. The number of aromatic nitrogens is 1. The molecule has 170 valence electrons. The molecule has 0 N–H and O–H groups in total. The number of carbonyl (C=O) groups excluding carboxylic acids is 1. The number of benzene rings is 1. The number of oxazole rings is 1. The SMILES string of the molecule is C=CCN(Cc1cccs1)C(=O)CCn1c(=O)oc2cc(S(=O)(=O)N3CCCC3)ccc21. The van der Waals surface area contributed by atoms with Gasteiger partial charge in [-0.3, -0.25) is 9.36 Å². The van der Waals surface area contributed by atoms with Crippen molar-refractivity contribution in [3.8, 4) is 0 Å².